The lowest BCUT2D eigenvalue weighted by molar-refractivity contribution is 0.103. The number of aryl methyl sites for hydroxylation is 2. The summed E-state index contributed by atoms with van der Waals surface area (Å²) in [5.74, 6) is 0.708. The van der Waals surface area contributed by atoms with Gasteiger partial charge in [0.05, 0.1) is 4.88 Å². The molecule has 4 nitrogen and oxygen atoms in total. The summed E-state index contributed by atoms with van der Waals surface area (Å²) < 4.78 is 4.32. The minimum atomic E-state index is -0.0957. The molecule has 0 fully saturated rings. The first-order valence-corrected chi connectivity index (χ1v) is 8.79. The Morgan fingerprint density at radius 2 is 2.05 bits per heavy atom. The van der Waals surface area contributed by atoms with Crippen LogP contribution >= 0.6 is 22.9 Å². The molecule has 3 rings (SSSR count). The van der Waals surface area contributed by atoms with Crippen molar-refractivity contribution in [3.63, 3.8) is 0 Å². The molecule has 0 spiro atoms. The Hall–Kier alpha value is -1.27. The lowest BCUT2D eigenvalue weighted by Gasteiger charge is -2.12. The van der Waals surface area contributed by atoms with Gasteiger partial charge in [-0.2, -0.15) is 4.37 Å². The van der Waals surface area contributed by atoms with Gasteiger partial charge in [0.1, 0.15) is 5.82 Å². The number of hydrogen-bond donors (Lipinski definition) is 1. The number of carbonyl (C=O) groups excluding carboxylic acids is 1. The lowest BCUT2D eigenvalue weighted by atomic mass is 9.96. The second kappa shape index (κ2) is 5.50. The normalized spacial score (nSPS) is 14.8. The molecule has 1 aliphatic rings. The smallest absolute Gasteiger partial charge is 0.267 e. The van der Waals surface area contributed by atoms with E-state index in [4.69, 9.17) is 0 Å². The predicted molar refractivity (Wildman–Crippen MR) is 87.5 cm³/mol. The number of rotatable bonds is 2. The number of amides is 1. The summed E-state index contributed by atoms with van der Waals surface area (Å²) in [6.07, 6.45) is 4.68. The van der Waals surface area contributed by atoms with Crippen molar-refractivity contribution in [2.24, 2.45) is 0 Å². The Morgan fingerprint density at radius 1 is 1.29 bits per heavy atom. The number of anilines is 1. The molecule has 2 aromatic rings. The third-order valence-electron chi connectivity index (χ3n) is 3.54. The SMILES string of the molecule is CC(C)(C)c1nsc(NC(=O)c2cc3c(s2)CCCC3)n1. The van der Waals surface area contributed by atoms with Gasteiger partial charge in [-0.15, -0.1) is 11.3 Å². The van der Waals surface area contributed by atoms with E-state index in [2.05, 4.69) is 35.4 Å². The Labute approximate surface area is 132 Å². The molecule has 0 unspecified atom stereocenters. The highest BCUT2D eigenvalue weighted by molar-refractivity contribution is 7.14. The third-order valence-corrected chi connectivity index (χ3v) is 5.40. The molecule has 21 heavy (non-hydrogen) atoms. The maximum atomic E-state index is 12.3. The molecule has 0 aromatic carbocycles. The van der Waals surface area contributed by atoms with Gasteiger partial charge in [0.25, 0.3) is 5.91 Å². The molecular weight excluding hydrogens is 302 g/mol. The first-order chi connectivity index (χ1) is 9.93. The van der Waals surface area contributed by atoms with Crippen LogP contribution in [-0.4, -0.2) is 15.3 Å². The van der Waals surface area contributed by atoms with E-state index in [0.29, 0.717) is 5.13 Å². The van der Waals surface area contributed by atoms with Crippen LogP contribution in [0, 0.1) is 0 Å². The molecule has 2 aromatic heterocycles. The molecule has 6 heteroatoms. The Morgan fingerprint density at radius 3 is 2.71 bits per heavy atom. The van der Waals surface area contributed by atoms with E-state index in [0.717, 1.165) is 23.5 Å². The van der Waals surface area contributed by atoms with Crippen LogP contribution in [-0.2, 0) is 18.3 Å². The van der Waals surface area contributed by atoms with Crippen LogP contribution in [0.2, 0.25) is 0 Å². The van der Waals surface area contributed by atoms with Gasteiger partial charge in [-0.1, -0.05) is 20.8 Å². The summed E-state index contributed by atoms with van der Waals surface area (Å²) in [6.45, 7) is 6.19. The van der Waals surface area contributed by atoms with E-state index in [9.17, 15) is 4.79 Å². The Bertz CT molecular complexity index is 643. The maximum Gasteiger partial charge on any atom is 0.267 e. The van der Waals surface area contributed by atoms with E-state index in [1.165, 1.54) is 34.8 Å². The number of nitrogens with zero attached hydrogens (tertiary/aromatic N) is 2. The average molecular weight is 321 g/mol. The quantitative estimate of drug-likeness (QED) is 0.908. The fourth-order valence-corrected chi connectivity index (χ4v) is 4.24. The monoisotopic (exact) mass is 321 g/mol. The van der Waals surface area contributed by atoms with E-state index in [1.54, 1.807) is 11.3 Å². The van der Waals surface area contributed by atoms with Gasteiger partial charge in [-0.05, 0) is 37.3 Å². The molecule has 112 valence electrons. The third kappa shape index (κ3) is 3.16. The summed E-state index contributed by atoms with van der Waals surface area (Å²) in [7, 11) is 0. The number of fused-ring (bicyclic) bond motifs is 1. The second-order valence-corrected chi connectivity index (χ2v) is 8.28. The largest absolute Gasteiger partial charge is 0.296 e. The van der Waals surface area contributed by atoms with Crippen molar-refractivity contribution in [2.45, 2.75) is 51.9 Å². The van der Waals surface area contributed by atoms with Crippen LogP contribution in [0.25, 0.3) is 0 Å². The van der Waals surface area contributed by atoms with Crippen molar-refractivity contribution in [3.8, 4) is 0 Å². The molecular formula is C15H19N3OS2. The molecule has 0 saturated heterocycles. The van der Waals surface area contributed by atoms with Crippen molar-refractivity contribution in [3.05, 3.63) is 27.2 Å². The van der Waals surface area contributed by atoms with Crippen LogP contribution in [0.5, 0.6) is 0 Å². The molecule has 1 amide bonds. The summed E-state index contributed by atoms with van der Waals surface area (Å²) in [6, 6.07) is 2.04. The highest BCUT2D eigenvalue weighted by atomic mass is 32.1. The number of thiophene rings is 1. The van der Waals surface area contributed by atoms with Gasteiger partial charge in [0, 0.05) is 21.8 Å². The second-order valence-electron chi connectivity index (χ2n) is 6.39. The number of aromatic nitrogens is 2. The molecule has 0 bridgehead atoms. The van der Waals surface area contributed by atoms with Crippen molar-refractivity contribution in [2.75, 3.05) is 5.32 Å². The first kappa shape index (κ1) is 14.7. The van der Waals surface area contributed by atoms with Gasteiger partial charge in [-0.3, -0.25) is 10.1 Å². The number of nitrogens with one attached hydrogen (secondary N) is 1. The summed E-state index contributed by atoms with van der Waals surface area (Å²) in [5.41, 5.74) is 1.26. The molecule has 0 atom stereocenters. The van der Waals surface area contributed by atoms with Gasteiger partial charge in [0.2, 0.25) is 5.13 Å². The van der Waals surface area contributed by atoms with Crippen LogP contribution < -0.4 is 5.32 Å². The van der Waals surface area contributed by atoms with Crippen molar-refractivity contribution in [1.29, 1.82) is 0 Å². The molecule has 0 saturated carbocycles. The zero-order valence-corrected chi connectivity index (χ0v) is 14.2. The van der Waals surface area contributed by atoms with Gasteiger partial charge < -0.3 is 0 Å². The first-order valence-electron chi connectivity index (χ1n) is 7.20. The summed E-state index contributed by atoms with van der Waals surface area (Å²) in [4.78, 5) is 18.9. The number of carbonyl (C=O) groups is 1. The highest BCUT2D eigenvalue weighted by Crippen LogP contribution is 2.30. The van der Waals surface area contributed by atoms with E-state index < -0.39 is 0 Å². The Balaban J connectivity index is 1.74. The molecule has 2 heterocycles. The van der Waals surface area contributed by atoms with Gasteiger partial charge >= 0.3 is 0 Å². The molecule has 0 radical (unpaired) electrons. The fraction of sp³-hybridized carbons (Fsp3) is 0.533. The van der Waals surface area contributed by atoms with E-state index >= 15 is 0 Å². The summed E-state index contributed by atoms with van der Waals surface area (Å²) >= 11 is 2.87. The molecule has 1 N–H and O–H groups in total. The fourth-order valence-electron chi connectivity index (χ4n) is 2.34. The van der Waals surface area contributed by atoms with Crippen LogP contribution in [0.4, 0.5) is 5.13 Å². The van der Waals surface area contributed by atoms with Crippen molar-refractivity contribution in [1.82, 2.24) is 9.36 Å². The van der Waals surface area contributed by atoms with Crippen molar-refractivity contribution >= 4 is 33.9 Å². The molecule has 1 aliphatic carbocycles. The van der Waals surface area contributed by atoms with Crippen LogP contribution in [0.1, 0.15) is 59.5 Å². The zero-order chi connectivity index (χ0) is 15.0. The van der Waals surface area contributed by atoms with Gasteiger partial charge in [0.15, 0.2) is 0 Å². The maximum absolute atomic E-state index is 12.3. The predicted octanol–water partition coefficient (Wildman–Crippen LogP) is 4.03. The zero-order valence-electron chi connectivity index (χ0n) is 12.5. The van der Waals surface area contributed by atoms with E-state index in [1.807, 2.05) is 6.07 Å². The van der Waals surface area contributed by atoms with Crippen LogP contribution in [0.3, 0.4) is 0 Å². The summed E-state index contributed by atoms with van der Waals surface area (Å²) in [5, 5.41) is 3.46. The Kier molecular flexibility index (Phi) is 3.84. The minimum Gasteiger partial charge on any atom is -0.296 e. The van der Waals surface area contributed by atoms with Crippen molar-refractivity contribution < 1.29 is 4.79 Å². The average Bonchev–Trinajstić information content (AvgIpc) is 3.03. The topological polar surface area (TPSA) is 54.9 Å². The minimum absolute atomic E-state index is 0.0639. The highest BCUT2D eigenvalue weighted by Gasteiger charge is 2.21. The van der Waals surface area contributed by atoms with Gasteiger partial charge in [-0.25, -0.2) is 4.98 Å². The van der Waals surface area contributed by atoms with E-state index in [-0.39, 0.29) is 11.3 Å². The lowest BCUT2D eigenvalue weighted by Crippen LogP contribution is -2.14. The standard InChI is InChI=1S/C15H19N3OS2/c1-15(2,3)13-17-14(21-18-13)16-12(19)11-8-9-6-4-5-7-10(9)20-11/h8H,4-7H2,1-3H3,(H,16,17,18,19). The number of hydrogen-bond acceptors (Lipinski definition) is 5. The van der Waals surface area contributed by atoms with Crippen LogP contribution in [0.15, 0.2) is 6.07 Å². The molecule has 0 aliphatic heterocycles.